The van der Waals surface area contributed by atoms with E-state index in [9.17, 15) is 8.42 Å². The SMILES string of the molecule is CSCC(C)NS(=O)(=O)c1ccc(Br)cc1Br. The highest BCUT2D eigenvalue weighted by atomic mass is 79.9. The first-order valence-electron chi connectivity index (χ1n) is 4.83. The molecule has 1 aromatic carbocycles. The van der Waals surface area contributed by atoms with E-state index in [1.165, 1.54) is 0 Å². The lowest BCUT2D eigenvalue weighted by Gasteiger charge is -2.14. The molecule has 0 fully saturated rings. The van der Waals surface area contributed by atoms with E-state index in [0.717, 1.165) is 10.2 Å². The van der Waals surface area contributed by atoms with E-state index in [1.54, 1.807) is 30.0 Å². The van der Waals surface area contributed by atoms with Crippen LogP contribution in [0.15, 0.2) is 32.0 Å². The molecule has 0 aliphatic carbocycles. The molecule has 0 heterocycles. The summed E-state index contributed by atoms with van der Waals surface area (Å²) in [7, 11) is -3.46. The Balaban J connectivity index is 2.97. The Hall–Kier alpha value is 0.440. The van der Waals surface area contributed by atoms with E-state index in [1.807, 2.05) is 13.2 Å². The van der Waals surface area contributed by atoms with E-state index >= 15 is 0 Å². The molecule has 3 nitrogen and oxygen atoms in total. The van der Waals surface area contributed by atoms with E-state index in [4.69, 9.17) is 0 Å². The van der Waals surface area contributed by atoms with Gasteiger partial charge in [-0.2, -0.15) is 11.8 Å². The summed E-state index contributed by atoms with van der Waals surface area (Å²) in [6, 6.07) is 4.90. The zero-order valence-corrected chi connectivity index (χ0v) is 14.2. The summed E-state index contributed by atoms with van der Waals surface area (Å²) in [6.45, 7) is 1.85. The third-order valence-corrected chi connectivity index (χ3v) is 5.85. The van der Waals surface area contributed by atoms with Crippen LogP contribution in [0.5, 0.6) is 0 Å². The molecule has 1 aromatic rings. The average molecular weight is 403 g/mol. The van der Waals surface area contributed by atoms with Gasteiger partial charge in [0.15, 0.2) is 0 Å². The van der Waals surface area contributed by atoms with Crippen molar-refractivity contribution < 1.29 is 8.42 Å². The highest BCUT2D eigenvalue weighted by Gasteiger charge is 2.19. The highest BCUT2D eigenvalue weighted by molar-refractivity contribution is 9.11. The van der Waals surface area contributed by atoms with Gasteiger partial charge in [-0.05, 0) is 47.3 Å². The minimum absolute atomic E-state index is 0.0921. The van der Waals surface area contributed by atoms with E-state index in [0.29, 0.717) is 4.47 Å². The molecule has 0 radical (unpaired) electrons. The van der Waals surface area contributed by atoms with Crippen LogP contribution in [-0.2, 0) is 10.0 Å². The number of halogens is 2. The van der Waals surface area contributed by atoms with Crippen molar-refractivity contribution in [3.8, 4) is 0 Å². The first-order valence-corrected chi connectivity index (χ1v) is 9.29. The van der Waals surface area contributed by atoms with Gasteiger partial charge in [0.25, 0.3) is 0 Å². The second-order valence-electron chi connectivity index (χ2n) is 3.55. The van der Waals surface area contributed by atoms with Crippen LogP contribution in [0.4, 0.5) is 0 Å². The minimum Gasteiger partial charge on any atom is -0.207 e. The maximum atomic E-state index is 12.1. The van der Waals surface area contributed by atoms with Crippen LogP contribution in [0.1, 0.15) is 6.92 Å². The van der Waals surface area contributed by atoms with Gasteiger partial charge in [-0.25, -0.2) is 13.1 Å². The smallest absolute Gasteiger partial charge is 0.207 e. The Kier molecular flexibility index (Phi) is 5.98. The summed E-state index contributed by atoms with van der Waals surface area (Å²) in [5, 5.41) is 0. The van der Waals surface area contributed by atoms with Gasteiger partial charge in [0.1, 0.15) is 0 Å². The number of thioether (sulfide) groups is 1. The Morgan fingerprint density at radius 1 is 1.41 bits per heavy atom. The van der Waals surface area contributed by atoms with Crippen LogP contribution in [0.2, 0.25) is 0 Å². The Bertz CT molecular complexity index is 491. The highest BCUT2D eigenvalue weighted by Crippen LogP contribution is 2.25. The van der Waals surface area contributed by atoms with Crippen molar-refractivity contribution in [3.63, 3.8) is 0 Å². The summed E-state index contributed by atoms with van der Waals surface area (Å²) in [5.74, 6) is 0.743. The van der Waals surface area contributed by atoms with Crippen LogP contribution in [-0.4, -0.2) is 26.5 Å². The summed E-state index contributed by atoms with van der Waals surface area (Å²) in [4.78, 5) is 0.258. The molecule has 0 aliphatic heterocycles. The van der Waals surface area contributed by atoms with Crippen molar-refractivity contribution in [1.29, 1.82) is 0 Å². The topological polar surface area (TPSA) is 46.2 Å². The second kappa shape index (κ2) is 6.56. The van der Waals surface area contributed by atoms with E-state index in [-0.39, 0.29) is 10.9 Å². The summed E-state index contributed by atoms with van der Waals surface area (Å²) in [5.41, 5.74) is 0. The molecule has 7 heteroatoms. The molecule has 0 saturated carbocycles. The number of hydrogen-bond donors (Lipinski definition) is 1. The Labute approximate surface area is 123 Å². The predicted octanol–water partition coefficient (Wildman–Crippen LogP) is 3.24. The lowest BCUT2D eigenvalue weighted by Crippen LogP contribution is -2.34. The second-order valence-corrected chi connectivity index (χ2v) is 7.92. The fourth-order valence-corrected chi connectivity index (χ4v) is 4.98. The molecule has 0 saturated heterocycles. The number of nitrogens with one attached hydrogen (secondary N) is 1. The molecule has 0 aliphatic rings. The van der Waals surface area contributed by atoms with Crippen LogP contribution in [0.3, 0.4) is 0 Å². The molecule has 0 aromatic heterocycles. The number of hydrogen-bond acceptors (Lipinski definition) is 3. The average Bonchev–Trinajstić information content (AvgIpc) is 2.15. The standard InChI is InChI=1S/C10H13Br2NO2S2/c1-7(6-16-2)13-17(14,15)10-4-3-8(11)5-9(10)12/h3-5,7,13H,6H2,1-2H3. The molecule has 1 unspecified atom stereocenters. The van der Waals surface area contributed by atoms with Crippen LogP contribution in [0.25, 0.3) is 0 Å². The fraction of sp³-hybridized carbons (Fsp3) is 0.400. The third kappa shape index (κ3) is 4.55. The monoisotopic (exact) mass is 401 g/mol. The van der Waals surface area contributed by atoms with Gasteiger partial charge in [-0.1, -0.05) is 15.9 Å². The maximum Gasteiger partial charge on any atom is 0.241 e. The van der Waals surface area contributed by atoms with Crippen molar-refractivity contribution in [1.82, 2.24) is 4.72 Å². The Morgan fingerprint density at radius 3 is 2.59 bits per heavy atom. The minimum atomic E-state index is -3.46. The molecule has 96 valence electrons. The number of sulfonamides is 1. The van der Waals surface area contributed by atoms with Gasteiger partial charge in [-0.15, -0.1) is 0 Å². The quantitative estimate of drug-likeness (QED) is 0.822. The van der Waals surface area contributed by atoms with Gasteiger partial charge < -0.3 is 0 Å². The molecule has 17 heavy (non-hydrogen) atoms. The molecule has 1 rings (SSSR count). The molecule has 1 N–H and O–H groups in total. The van der Waals surface area contributed by atoms with E-state index in [2.05, 4.69) is 36.6 Å². The molecule has 0 amide bonds. The summed E-state index contributed by atoms with van der Waals surface area (Å²) < 4.78 is 28.2. The van der Waals surface area contributed by atoms with Gasteiger partial charge in [-0.3, -0.25) is 0 Å². The first kappa shape index (κ1) is 15.5. The number of rotatable bonds is 5. The normalized spacial score (nSPS) is 13.6. The lowest BCUT2D eigenvalue weighted by atomic mass is 10.4. The molecule has 0 spiro atoms. The van der Waals surface area contributed by atoms with Gasteiger partial charge in [0.2, 0.25) is 10.0 Å². The molecule has 0 bridgehead atoms. The van der Waals surface area contributed by atoms with Gasteiger partial charge in [0, 0.05) is 20.7 Å². The van der Waals surface area contributed by atoms with Crippen molar-refractivity contribution >= 4 is 53.6 Å². The van der Waals surface area contributed by atoms with Crippen LogP contribution in [0, 0.1) is 0 Å². The van der Waals surface area contributed by atoms with Crippen molar-refractivity contribution in [2.24, 2.45) is 0 Å². The molecular formula is C10H13Br2NO2S2. The molecule has 1 atom stereocenters. The summed E-state index contributed by atoms with van der Waals surface area (Å²) in [6.07, 6.45) is 1.94. The zero-order chi connectivity index (χ0) is 13.1. The van der Waals surface area contributed by atoms with Crippen LogP contribution < -0.4 is 4.72 Å². The summed E-state index contributed by atoms with van der Waals surface area (Å²) >= 11 is 8.15. The van der Waals surface area contributed by atoms with Crippen molar-refractivity contribution in [2.45, 2.75) is 17.9 Å². The van der Waals surface area contributed by atoms with Gasteiger partial charge in [0.05, 0.1) is 4.90 Å². The van der Waals surface area contributed by atoms with E-state index < -0.39 is 10.0 Å². The van der Waals surface area contributed by atoms with Crippen LogP contribution >= 0.6 is 43.6 Å². The molecular weight excluding hydrogens is 390 g/mol. The maximum absolute atomic E-state index is 12.1. The third-order valence-electron chi connectivity index (χ3n) is 1.96. The predicted molar refractivity (Wildman–Crippen MR) is 80.0 cm³/mol. The van der Waals surface area contributed by atoms with Crippen molar-refractivity contribution in [2.75, 3.05) is 12.0 Å². The fourth-order valence-electron chi connectivity index (χ4n) is 1.31. The lowest BCUT2D eigenvalue weighted by molar-refractivity contribution is 0.570. The zero-order valence-electron chi connectivity index (χ0n) is 9.41. The van der Waals surface area contributed by atoms with Crippen molar-refractivity contribution in [3.05, 3.63) is 27.1 Å². The van der Waals surface area contributed by atoms with Gasteiger partial charge >= 0.3 is 0 Å². The first-order chi connectivity index (χ1) is 7.86. The largest absolute Gasteiger partial charge is 0.241 e. The Morgan fingerprint density at radius 2 is 2.06 bits per heavy atom. The number of benzene rings is 1.